The van der Waals surface area contributed by atoms with Crippen LogP contribution in [0.4, 0.5) is 0 Å². The molecule has 0 saturated carbocycles. The van der Waals surface area contributed by atoms with Crippen molar-refractivity contribution in [1.82, 2.24) is 10.6 Å². The number of esters is 1. The summed E-state index contributed by atoms with van der Waals surface area (Å²) >= 11 is 0. The maximum absolute atomic E-state index is 14.8. The van der Waals surface area contributed by atoms with Gasteiger partial charge in [0.05, 0.1) is 18.2 Å². The number of hydrogen-bond donors (Lipinski definition) is 3. The minimum absolute atomic E-state index is 0.0534. The first-order valence-corrected chi connectivity index (χ1v) is 14.8. The largest absolute Gasteiger partial charge is 0.466 e. The number of nitrogens with one attached hydrogen (secondary N) is 2. The van der Waals surface area contributed by atoms with Gasteiger partial charge in [0.25, 0.3) is 0 Å². The molecule has 0 radical (unpaired) electrons. The molecule has 2 aromatic carbocycles. The summed E-state index contributed by atoms with van der Waals surface area (Å²) in [6.45, 7) is 7.11. The molecule has 1 fully saturated rings. The second-order valence-corrected chi connectivity index (χ2v) is 11.9. The number of aryl methyl sites for hydroxylation is 1. The number of fused-ring (bicyclic) bond motifs is 2. The standard InChI is InChI=1S/C33H45N3O4/c1-4-40-28(37)18-17-25-24-14-8-9-15-26(24)33(19-21-35-22-20-33)29(25)30(38)27(36-31(39)32(2,3)34)16-10-13-23-11-6-5-7-12-23/h5-9,11-12,14-15,25,27,29,35H,4,10,13,16-22,34H2,1-3H3,(H,36,39)/t25?,27-,29+/m1/s1. The molecule has 1 spiro atoms. The van der Waals surface area contributed by atoms with Crippen molar-refractivity contribution in [1.29, 1.82) is 0 Å². The van der Waals surface area contributed by atoms with Gasteiger partial charge in [-0.15, -0.1) is 0 Å². The van der Waals surface area contributed by atoms with Gasteiger partial charge in [-0.2, -0.15) is 0 Å². The fourth-order valence-electron chi connectivity index (χ4n) is 6.76. The molecule has 216 valence electrons. The summed E-state index contributed by atoms with van der Waals surface area (Å²) in [4.78, 5) is 40.3. The third kappa shape index (κ3) is 6.64. The second-order valence-electron chi connectivity index (χ2n) is 11.9. The van der Waals surface area contributed by atoms with E-state index in [-0.39, 0.29) is 41.3 Å². The zero-order valence-corrected chi connectivity index (χ0v) is 24.2. The molecule has 4 rings (SSSR count). The molecule has 1 saturated heterocycles. The minimum atomic E-state index is -1.10. The van der Waals surface area contributed by atoms with Crippen LogP contribution in [0.5, 0.6) is 0 Å². The van der Waals surface area contributed by atoms with Gasteiger partial charge in [-0.1, -0.05) is 54.6 Å². The van der Waals surface area contributed by atoms with Crippen molar-refractivity contribution in [3.63, 3.8) is 0 Å². The summed E-state index contributed by atoms with van der Waals surface area (Å²) in [6.07, 6.45) is 4.57. The Morgan fingerprint density at radius 1 is 1.07 bits per heavy atom. The smallest absolute Gasteiger partial charge is 0.305 e. The van der Waals surface area contributed by atoms with E-state index in [0.717, 1.165) is 44.3 Å². The Kier molecular flexibility index (Phi) is 9.80. The van der Waals surface area contributed by atoms with E-state index < -0.39 is 11.6 Å². The first kappa shape index (κ1) is 29.9. The van der Waals surface area contributed by atoms with Gasteiger partial charge in [-0.25, -0.2) is 0 Å². The van der Waals surface area contributed by atoms with Gasteiger partial charge in [0, 0.05) is 17.8 Å². The third-order valence-corrected chi connectivity index (χ3v) is 8.70. The monoisotopic (exact) mass is 547 g/mol. The van der Waals surface area contributed by atoms with Crippen LogP contribution in [0, 0.1) is 5.92 Å². The molecule has 2 aromatic rings. The molecule has 7 heteroatoms. The highest BCUT2D eigenvalue weighted by atomic mass is 16.5. The summed E-state index contributed by atoms with van der Waals surface area (Å²) in [5.74, 6) is -0.980. The summed E-state index contributed by atoms with van der Waals surface area (Å²) in [6, 6.07) is 17.9. The topological polar surface area (TPSA) is 111 Å². The molecule has 1 heterocycles. The Labute approximate surface area is 238 Å². The van der Waals surface area contributed by atoms with Crippen LogP contribution in [0.3, 0.4) is 0 Å². The fraction of sp³-hybridized carbons (Fsp3) is 0.545. The van der Waals surface area contributed by atoms with Gasteiger partial charge in [-0.05, 0) is 95.0 Å². The Morgan fingerprint density at radius 3 is 2.42 bits per heavy atom. The minimum Gasteiger partial charge on any atom is -0.466 e. The number of ketones is 1. The highest BCUT2D eigenvalue weighted by Gasteiger charge is 2.56. The van der Waals surface area contributed by atoms with Gasteiger partial charge >= 0.3 is 5.97 Å². The molecular weight excluding hydrogens is 502 g/mol. The molecule has 0 bridgehead atoms. The summed E-state index contributed by atoms with van der Waals surface area (Å²) in [5.41, 5.74) is 8.30. The van der Waals surface area contributed by atoms with Gasteiger partial charge in [0.1, 0.15) is 0 Å². The van der Waals surface area contributed by atoms with Crippen LogP contribution in [-0.4, -0.2) is 48.9 Å². The average molecular weight is 548 g/mol. The maximum Gasteiger partial charge on any atom is 0.305 e. The Bertz CT molecular complexity index is 1170. The lowest BCUT2D eigenvalue weighted by molar-refractivity contribution is -0.143. The van der Waals surface area contributed by atoms with Crippen LogP contribution in [-0.2, 0) is 31.0 Å². The summed E-state index contributed by atoms with van der Waals surface area (Å²) in [5, 5.41) is 6.52. The van der Waals surface area contributed by atoms with Crippen LogP contribution in [0.25, 0.3) is 0 Å². The molecule has 4 N–H and O–H groups in total. The van der Waals surface area contributed by atoms with E-state index in [9.17, 15) is 14.4 Å². The molecule has 7 nitrogen and oxygen atoms in total. The van der Waals surface area contributed by atoms with Crippen molar-refractivity contribution in [3.8, 4) is 0 Å². The molecule has 0 aromatic heterocycles. The number of ether oxygens (including phenoxy) is 1. The first-order valence-electron chi connectivity index (χ1n) is 14.8. The molecule has 1 unspecified atom stereocenters. The average Bonchev–Trinajstić information content (AvgIpc) is 3.20. The van der Waals surface area contributed by atoms with Crippen molar-refractivity contribution in [2.24, 2.45) is 11.7 Å². The van der Waals surface area contributed by atoms with Gasteiger partial charge < -0.3 is 21.1 Å². The van der Waals surface area contributed by atoms with E-state index in [2.05, 4.69) is 34.9 Å². The Hall–Kier alpha value is -3.03. The van der Waals surface area contributed by atoms with Crippen molar-refractivity contribution < 1.29 is 19.1 Å². The van der Waals surface area contributed by atoms with Crippen molar-refractivity contribution >= 4 is 17.7 Å². The fourth-order valence-corrected chi connectivity index (χ4v) is 6.76. The highest BCUT2D eigenvalue weighted by Crippen LogP contribution is 2.57. The zero-order valence-electron chi connectivity index (χ0n) is 24.2. The molecule has 1 aliphatic heterocycles. The highest BCUT2D eigenvalue weighted by molar-refractivity contribution is 5.95. The molecular formula is C33H45N3O4. The van der Waals surface area contributed by atoms with Crippen molar-refractivity contribution in [2.75, 3.05) is 19.7 Å². The SMILES string of the molecule is CCOC(=O)CCC1c2ccccc2C2(CCNCC2)[C@@H]1C(=O)[C@@H](CCCc1ccccc1)NC(=O)C(C)(C)N. The molecule has 3 atom stereocenters. The summed E-state index contributed by atoms with van der Waals surface area (Å²) < 4.78 is 5.25. The van der Waals surface area contributed by atoms with E-state index in [4.69, 9.17) is 10.5 Å². The number of amides is 1. The van der Waals surface area contributed by atoms with Crippen LogP contribution in [0.1, 0.15) is 81.9 Å². The predicted molar refractivity (Wildman–Crippen MR) is 157 cm³/mol. The number of hydrogen-bond acceptors (Lipinski definition) is 6. The van der Waals surface area contributed by atoms with E-state index in [0.29, 0.717) is 19.4 Å². The lowest BCUT2D eigenvalue weighted by Crippen LogP contribution is -2.57. The number of carbonyl (C=O) groups excluding carboxylic acids is 3. The maximum atomic E-state index is 14.8. The molecule has 1 aliphatic carbocycles. The quantitative estimate of drug-likeness (QED) is 0.344. The van der Waals surface area contributed by atoms with E-state index in [1.165, 1.54) is 11.1 Å². The number of benzene rings is 2. The predicted octanol–water partition coefficient (Wildman–Crippen LogP) is 4.18. The van der Waals surface area contributed by atoms with Crippen LogP contribution in [0.15, 0.2) is 54.6 Å². The molecule has 1 amide bonds. The van der Waals surface area contributed by atoms with Crippen molar-refractivity contribution in [2.45, 2.75) is 88.6 Å². The zero-order chi connectivity index (χ0) is 28.8. The van der Waals surface area contributed by atoms with Crippen LogP contribution in [0.2, 0.25) is 0 Å². The Balaban J connectivity index is 1.68. The number of nitrogens with two attached hydrogens (primary N) is 1. The van der Waals surface area contributed by atoms with Crippen LogP contribution < -0.4 is 16.4 Å². The van der Waals surface area contributed by atoms with E-state index in [1.54, 1.807) is 20.8 Å². The second kappa shape index (κ2) is 13.1. The van der Waals surface area contributed by atoms with E-state index >= 15 is 0 Å². The Morgan fingerprint density at radius 2 is 1.75 bits per heavy atom. The van der Waals surface area contributed by atoms with E-state index in [1.807, 2.05) is 30.3 Å². The number of Topliss-reactive ketones (excluding diaryl/α,β-unsaturated/α-hetero) is 1. The lowest BCUT2D eigenvalue weighted by Gasteiger charge is -2.42. The summed E-state index contributed by atoms with van der Waals surface area (Å²) in [7, 11) is 0. The normalized spacial score (nSPS) is 20.5. The van der Waals surface area contributed by atoms with Gasteiger partial charge in [0.2, 0.25) is 5.91 Å². The van der Waals surface area contributed by atoms with Gasteiger partial charge in [-0.3, -0.25) is 14.4 Å². The van der Waals surface area contributed by atoms with Crippen LogP contribution >= 0.6 is 0 Å². The number of rotatable bonds is 12. The van der Waals surface area contributed by atoms with Gasteiger partial charge in [0.15, 0.2) is 5.78 Å². The third-order valence-electron chi connectivity index (χ3n) is 8.70. The molecule has 40 heavy (non-hydrogen) atoms. The first-order chi connectivity index (χ1) is 19.2. The number of carbonyl (C=O) groups is 3. The van der Waals surface area contributed by atoms with Crippen molar-refractivity contribution in [3.05, 3.63) is 71.3 Å². The lowest BCUT2D eigenvalue weighted by atomic mass is 9.63. The number of piperidine rings is 1. The molecule has 2 aliphatic rings.